The van der Waals surface area contributed by atoms with E-state index in [1.807, 2.05) is 24.5 Å². The number of nitrogens with zero attached hydrogens (tertiary/aromatic N) is 2. The van der Waals surface area contributed by atoms with Crippen LogP contribution in [0.4, 0.5) is 5.69 Å². The number of carbonyl (C=O) groups excluding carboxylic acids is 1. The molecule has 2 atom stereocenters. The van der Waals surface area contributed by atoms with Gasteiger partial charge < -0.3 is 25.6 Å². The number of hydrogen-bond acceptors (Lipinski definition) is 6. The standard InChI is InChI=1S/C17H21N5O2S/c23-12-7-11(20-9-12)8-21-17(24)15-10-22(5-6-25-15)14-2-4-19-16-13(14)1-3-18-16/h1-4,10-12,20,23H,5-9H2,(H,18,19)(H,21,24)/t11-,12-/m0/s1. The molecule has 2 aliphatic heterocycles. The molecule has 0 saturated carbocycles. The number of β-amino-alcohol motifs (C(OH)–C–C–N with tert-alkyl or cyclic N) is 1. The van der Waals surface area contributed by atoms with Gasteiger partial charge in [0.1, 0.15) is 5.65 Å². The fraction of sp³-hybridized carbons (Fsp3) is 0.412. The number of thioether (sulfide) groups is 1. The van der Waals surface area contributed by atoms with Crippen LogP contribution >= 0.6 is 11.8 Å². The minimum absolute atomic E-state index is 0.0581. The second-order valence-corrected chi connectivity index (χ2v) is 7.45. The summed E-state index contributed by atoms with van der Waals surface area (Å²) in [6, 6.07) is 4.12. The first-order valence-corrected chi connectivity index (χ1v) is 9.42. The highest BCUT2D eigenvalue weighted by Gasteiger charge is 2.24. The maximum absolute atomic E-state index is 12.5. The lowest BCUT2D eigenvalue weighted by Crippen LogP contribution is -2.38. The van der Waals surface area contributed by atoms with Gasteiger partial charge in [-0.15, -0.1) is 11.8 Å². The summed E-state index contributed by atoms with van der Waals surface area (Å²) in [5.74, 6) is 0.797. The third-order valence-electron chi connectivity index (χ3n) is 4.54. The van der Waals surface area contributed by atoms with Crippen LogP contribution in [0.1, 0.15) is 6.42 Å². The highest BCUT2D eigenvalue weighted by molar-refractivity contribution is 8.04. The number of anilines is 1. The zero-order chi connectivity index (χ0) is 17.2. The van der Waals surface area contributed by atoms with Crippen LogP contribution in [-0.2, 0) is 4.79 Å². The Morgan fingerprint density at radius 1 is 1.48 bits per heavy atom. The number of hydrogen-bond donors (Lipinski definition) is 4. The van der Waals surface area contributed by atoms with Crippen LogP contribution in [0, 0.1) is 0 Å². The third kappa shape index (κ3) is 3.51. The maximum atomic E-state index is 12.5. The molecule has 0 aliphatic carbocycles. The Morgan fingerprint density at radius 2 is 2.40 bits per heavy atom. The molecule has 1 fully saturated rings. The first-order chi connectivity index (χ1) is 12.2. The van der Waals surface area contributed by atoms with Crippen molar-refractivity contribution < 1.29 is 9.90 Å². The number of fused-ring (bicyclic) bond motifs is 1. The lowest BCUT2D eigenvalue weighted by atomic mass is 10.2. The van der Waals surface area contributed by atoms with Gasteiger partial charge >= 0.3 is 0 Å². The first-order valence-electron chi connectivity index (χ1n) is 8.44. The molecule has 8 heteroatoms. The van der Waals surface area contributed by atoms with E-state index in [-0.39, 0.29) is 18.1 Å². The van der Waals surface area contributed by atoms with Gasteiger partial charge in [-0.3, -0.25) is 4.79 Å². The highest BCUT2D eigenvalue weighted by atomic mass is 32.2. The second-order valence-electron chi connectivity index (χ2n) is 6.31. The van der Waals surface area contributed by atoms with Crippen molar-refractivity contribution in [1.29, 1.82) is 0 Å². The summed E-state index contributed by atoms with van der Waals surface area (Å²) >= 11 is 1.57. The number of nitrogens with one attached hydrogen (secondary N) is 3. The van der Waals surface area contributed by atoms with Crippen molar-refractivity contribution in [2.75, 3.05) is 30.3 Å². The molecule has 7 nitrogen and oxygen atoms in total. The molecule has 2 aromatic rings. The van der Waals surface area contributed by atoms with E-state index in [1.165, 1.54) is 0 Å². The molecule has 4 heterocycles. The predicted molar refractivity (Wildman–Crippen MR) is 99.4 cm³/mol. The second kappa shape index (κ2) is 7.07. The number of carbonyl (C=O) groups is 1. The van der Waals surface area contributed by atoms with Crippen molar-refractivity contribution in [2.24, 2.45) is 0 Å². The molecule has 0 unspecified atom stereocenters. The number of aromatic nitrogens is 2. The largest absolute Gasteiger partial charge is 0.392 e. The summed E-state index contributed by atoms with van der Waals surface area (Å²) in [5, 5.41) is 16.8. The van der Waals surface area contributed by atoms with Crippen LogP contribution in [0.15, 0.2) is 35.6 Å². The van der Waals surface area contributed by atoms with Gasteiger partial charge in [0.2, 0.25) is 0 Å². The topological polar surface area (TPSA) is 93.3 Å². The number of aliphatic hydroxyl groups excluding tert-OH is 1. The number of amides is 1. The van der Waals surface area contributed by atoms with Crippen LogP contribution in [0.2, 0.25) is 0 Å². The molecule has 4 rings (SSSR count). The molecule has 25 heavy (non-hydrogen) atoms. The smallest absolute Gasteiger partial charge is 0.259 e. The Kier molecular flexibility index (Phi) is 4.65. The van der Waals surface area contributed by atoms with Gasteiger partial charge in [0, 0.05) is 55.4 Å². The molecule has 1 saturated heterocycles. The first kappa shape index (κ1) is 16.4. The quantitative estimate of drug-likeness (QED) is 0.645. The molecule has 0 spiro atoms. The average Bonchev–Trinajstić information content (AvgIpc) is 3.28. The Hall–Kier alpha value is -2.03. The minimum atomic E-state index is -0.309. The molecule has 4 N–H and O–H groups in total. The number of pyridine rings is 1. The van der Waals surface area contributed by atoms with Crippen LogP contribution in [-0.4, -0.2) is 58.5 Å². The van der Waals surface area contributed by atoms with E-state index in [9.17, 15) is 9.90 Å². The van der Waals surface area contributed by atoms with Gasteiger partial charge in [-0.05, 0) is 18.6 Å². The lowest BCUT2D eigenvalue weighted by Gasteiger charge is -2.26. The Labute approximate surface area is 149 Å². The third-order valence-corrected chi connectivity index (χ3v) is 5.53. The summed E-state index contributed by atoms with van der Waals surface area (Å²) in [4.78, 5) is 22.7. The SMILES string of the molecule is O=C(NC[C@@H]1C[C@H](O)CN1)C1=CN(c2ccnc3[nH]ccc23)CCS1. The van der Waals surface area contributed by atoms with Crippen molar-refractivity contribution in [3.05, 3.63) is 35.6 Å². The van der Waals surface area contributed by atoms with E-state index >= 15 is 0 Å². The highest BCUT2D eigenvalue weighted by Crippen LogP contribution is 2.30. The normalized spacial score (nSPS) is 23.7. The Bertz CT molecular complexity index is 805. The van der Waals surface area contributed by atoms with Crippen molar-refractivity contribution in [3.63, 3.8) is 0 Å². The average molecular weight is 359 g/mol. The van der Waals surface area contributed by atoms with Crippen LogP contribution < -0.4 is 15.5 Å². The number of aliphatic hydroxyl groups is 1. The minimum Gasteiger partial charge on any atom is -0.392 e. The van der Waals surface area contributed by atoms with Gasteiger partial charge in [0.05, 0.1) is 16.7 Å². The Morgan fingerprint density at radius 3 is 3.24 bits per heavy atom. The molecule has 0 aromatic carbocycles. The monoisotopic (exact) mass is 359 g/mol. The van der Waals surface area contributed by atoms with Gasteiger partial charge in [0.15, 0.2) is 0 Å². The van der Waals surface area contributed by atoms with E-state index in [0.29, 0.717) is 24.4 Å². The molecule has 132 valence electrons. The molecule has 2 aliphatic rings. The fourth-order valence-corrected chi connectivity index (χ4v) is 4.18. The molecule has 2 aromatic heterocycles. The summed E-state index contributed by atoms with van der Waals surface area (Å²) in [5.41, 5.74) is 1.90. The van der Waals surface area contributed by atoms with Gasteiger partial charge in [-0.25, -0.2) is 4.98 Å². The van der Waals surface area contributed by atoms with Crippen LogP contribution in [0.25, 0.3) is 11.0 Å². The van der Waals surface area contributed by atoms with Crippen molar-refractivity contribution in [2.45, 2.75) is 18.6 Å². The van der Waals surface area contributed by atoms with E-state index in [0.717, 1.165) is 29.0 Å². The molecular formula is C17H21N5O2S. The summed E-state index contributed by atoms with van der Waals surface area (Å²) in [6.07, 6.45) is 5.94. The summed E-state index contributed by atoms with van der Waals surface area (Å²) in [7, 11) is 0. The number of H-pyrrole nitrogens is 1. The predicted octanol–water partition coefficient (Wildman–Crippen LogP) is 0.797. The lowest BCUT2D eigenvalue weighted by molar-refractivity contribution is -0.116. The van der Waals surface area contributed by atoms with E-state index in [4.69, 9.17) is 0 Å². The van der Waals surface area contributed by atoms with E-state index in [1.54, 1.807) is 18.0 Å². The van der Waals surface area contributed by atoms with Gasteiger partial charge in [-0.2, -0.15) is 0 Å². The molecular weight excluding hydrogens is 338 g/mol. The van der Waals surface area contributed by atoms with Crippen LogP contribution in [0.5, 0.6) is 0 Å². The van der Waals surface area contributed by atoms with Crippen molar-refractivity contribution in [1.82, 2.24) is 20.6 Å². The summed E-state index contributed by atoms with van der Waals surface area (Å²) < 4.78 is 0. The number of aromatic amines is 1. The van der Waals surface area contributed by atoms with E-state index < -0.39 is 0 Å². The van der Waals surface area contributed by atoms with Gasteiger partial charge in [-0.1, -0.05) is 0 Å². The number of rotatable bonds is 4. The van der Waals surface area contributed by atoms with Crippen molar-refractivity contribution in [3.8, 4) is 0 Å². The zero-order valence-electron chi connectivity index (χ0n) is 13.7. The maximum Gasteiger partial charge on any atom is 0.259 e. The van der Waals surface area contributed by atoms with Crippen molar-refractivity contribution >= 4 is 34.4 Å². The molecule has 0 radical (unpaired) electrons. The molecule has 1 amide bonds. The zero-order valence-corrected chi connectivity index (χ0v) is 14.6. The van der Waals surface area contributed by atoms with Crippen LogP contribution in [0.3, 0.4) is 0 Å². The summed E-state index contributed by atoms with van der Waals surface area (Å²) in [6.45, 7) is 1.98. The molecule has 0 bridgehead atoms. The fourth-order valence-electron chi connectivity index (χ4n) is 3.26. The Balaban J connectivity index is 1.46. The van der Waals surface area contributed by atoms with E-state index in [2.05, 4.69) is 25.5 Å². The van der Waals surface area contributed by atoms with Gasteiger partial charge in [0.25, 0.3) is 5.91 Å².